The topological polar surface area (TPSA) is 37.6 Å². The number of para-hydroxylation sites is 1. The van der Waals surface area contributed by atoms with E-state index >= 15 is 0 Å². The smallest absolute Gasteiger partial charge is 0.278 e. The van der Waals surface area contributed by atoms with Crippen LogP contribution in [0.4, 0.5) is 5.69 Å². The van der Waals surface area contributed by atoms with Gasteiger partial charge in [0, 0.05) is 18.9 Å². The number of carbonyl (C=O) groups is 1. The van der Waals surface area contributed by atoms with Gasteiger partial charge in [-0.25, -0.2) is 4.52 Å². The molecule has 1 aromatic carbocycles. The van der Waals surface area contributed by atoms with Crippen molar-refractivity contribution in [1.29, 1.82) is 0 Å². The quantitative estimate of drug-likeness (QED) is 0.702. The Bertz CT molecular complexity index is 685. The lowest BCUT2D eigenvalue weighted by Crippen LogP contribution is -2.26. The second-order valence-electron chi connectivity index (χ2n) is 4.30. The first-order chi connectivity index (χ1) is 9.25. The van der Waals surface area contributed by atoms with Crippen LogP contribution in [0.25, 0.3) is 5.52 Å². The summed E-state index contributed by atoms with van der Waals surface area (Å²) in [6.45, 7) is 0. The van der Waals surface area contributed by atoms with Crippen LogP contribution in [0.3, 0.4) is 0 Å². The van der Waals surface area contributed by atoms with Crippen molar-refractivity contribution in [3.8, 4) is 0 Å². The summed E-state index contributed by atoms with van der Waals surface area (Å²) < 4.78 is 1.70. The zero-order valence-electron chi connectivity index (χ0n) is 10.5. The van der Waals surface area contributed by atoms with Crippen LogP contribution in [0.2, 0.25) is 0 Å². The van der Waals surface area contributed by atoms with Crippen molar-refractivity contribution in [2.24, 2.45) is 0 Å². The van der Waals surface area contributed by atoms with E-state index in [1.54, 1.807) is 22.5 Å². The molecule has 2 heterocycles. The average Bonchev–Trinajstić information content (AvgIpc) is 2.90. The number of anilines is 1. The Labute approximate surface area is 110 Å². The van der Waals surface area contributed by atoms with Gasteiger partial charge in [-0.3, -0.25) is 4.79 Å². The second-order valence-corrected chi connectivity index (χ2v) is 4.30. The average molecular weight is 251 g/mol. The van der Waals surface area contributed by atoms with Crippen molar-refractivity contribution in [2.75, 3.05) is 11.9 Å². The Morgan fingerprint density at radius 3 is 2.58 bits per heavy atom. The monoisotopic (exact) mass is 251 g/mol. The maximum absolute atomic E-state index is 12.4. The van der Waals surface area contributed by atoms with Crippen molar-refractivity contribution >= 4 is 17.1 Å². The third-order valence-corrected chi connectivity index (χ3v) is 3.04. The van der Waals surface area contributed by atoms with Crippen LogP contribution in [0.1, 0.15) is 10.5 Å². The largest absolute Gasteiger partial charge is 0.310 e. The summed E-state index contributed by atoms with van der Waals surface area (Å²) in [5.41, 5.74) is 2.20. The second kappa shape index (κ2) is 4.57. The fourth-order valence-corrected chi connectivity index (χ4v) is 1.98. The van der Waals surface area contributed by atoms with Crippen molar-refractivity contribution in [3.05, 3.63) is 66.5 Å². The molecule has 19 heavy (non-hydrogen) atoms. The molecule has 0 N–H and O–H groups in total. The molecular formula is C15H13N3O. The van der Waals surface area contributed by atoms with Crippen LogP contribution >= 0.6 is 0 Å². The predicted octanol–water partition coefficient (Wildman–Crippen LogP) is 2.61. The molecule has 0 bridgehead atoms. The highest BCUT2D eigenvalue weighted by atomic mass is 16.2. The van der Waals surface area contributed by atoms with E-state index in [-0.39, 0.29) is 5.91 Å². The zero-order valence-corrected chi connectivity index (χ0v) is 10.5. The minimum Gasteiger partial charge on any atom is -0.310 e. The van der Waals surface area contributed by atoms with E-state index in [1.165, 1.54) is 0 Å². The van der Waals surface area contributed by atoms with Gasteiger partial charge in [0.15, 0.2) is 5.69 Å². The van der Waals surface area contributed by atoms with Crippen LogP contribution in [0.5, 0.6) is 0 Å². The zero-order chi connectivity index (χ0) is 13.2. The van der Waals surface area contributed by atoms with Crippen molar-refractivity contribution in [3.63, 3.8) is 0 Å². The van der Waals surface area contributed by atoms with Crippen LogP contribution in [0, 0.1) is 0 Å². The molecule has 0 saturated heterocycles. The molecule has 0 aliphatic heterocycles. The Kier molecular flexibility index (Phi) is 2.76. The van der Waals surface area contributed by atoms with Gasteiger partial charge < -0.3 is 4.90 Å². The van der Waals surface area contributed by atoms with Crippen molar-refractivity contribution < 1.29 is 4.79 Å². The van der Waals surface area contributed by atoms with Crippen molar-refractivity contribution in [2.45, 2.75) is 0 Å². The third-order valence-electron chi connectivity index (χ3n) is 3.04. The lowest BCUT2D eigenvalue weighted by atomic mass is 10.2. The molecule has 0 aliphatic carbocycles. The number of rotatable bonds is 2. The number of fused-ring (bicyclic) bond motifs is 1. The van der Waals surface area contributed by atoms with Gasteiger partial charge in [0.2, 0.25) is 0 Å². The van der Waals surface area contributed by atoms with E-state index < -0.39 is 0 Å². The van der Waals surface area contributed by atoms with Gasteiger partial charge in [-0.05, 0) is 30.3 Å². The first-order valence-corrected chi connectivity index (χ1v) is 6.03. The number of aromatic nitrogens is 2. The molecule has 0 radical (unpaired) electrons. The highest BCUT2D eigenvalue weighted by molar-refractivity contribution is 6.05. The number of nitrogens with zero attached hydrogens (tertiary/aromatic N) is 3. The molecular weight excluding hydrogens is 238 g/mol. The summed E-state index contributed by atoms with van der Waals surface area (Å²) >= 11 is 0. The van der Waals surface area contributed by atoms with Gasteiger partial charge in [-0.1, -0.05) is 24.3 Å². The summed E-state index contributed by atoms with van der Waals surface area (Å²) in [6.07, 6.45) is 1.83. The minimum absolute atomic E-state index is 0.116. The highest BCUT2D eigenvalue weighted by Crippen LogP contribution is 2.15. The molecule has 0 fully saturated rings. The van der Waals surface area contributed by atoms with Gasteiger partial charge in [-0.15, -0.1) is 0 Å². The number of hydrogen-bond donors (Lipinski definition) is 0. The van der Waals surface area contributed by atoms with E-state index in [1.807, 2.05) is 54.7 Å². The Hall–Kier alpha value is -2.62. The first kappa shape index (κ1) is 11.5. The number of hydrogen-bond acceptors (Lipinski definition) is 2. The standard InChI is InChI=1S/C15H13N3O/c1-17(12-7-3-2-4-8-12)15(19)14-11-13-9-5-6-10-18(13)16-14/h2-11H,1H3. The van der Waals surface area contributed by atoms with Gasteiger partial charge in [0.25, 0.3) is 5.91 Å². The number of amides is 1. The van der Waals surface area contributed by atoms with E-state index in [0.29, 0.717) is 5.69 Å². The Balaban J connectivity index is 1.95. The maximum atomic E-state index is 12.4. The molecule has 0 spiro atoms. The SMILES string of the molecule is CN(C(=O)c1cc2ccccn2n1)c1ccccc1. The maximum Gasteiger partial charge on any atom is 0.278 e. The summed E-state index contributed by atoms with van der Waals surface area (Å²) in [5, 5.41) is 4.28. The molecule has 3 rings (SSSR count). The van der Waals surface area contributed by atoms with Crippen LogP contribution in [-0.2, 0) is 0 Å². The number of carbonyl (C=O) groups excluding carboxylic acids is 1. The molecule has 1 amide bonds. The number of pyridine rings is 1. The van der Waals surface area contributed by atoms with Crippen LogP contribution in [-0.4, -0.2) is 22.6 Å². The highest BCUT2D eigenvalue weighted by Gasteiger charge is 2.16. The molecule has 0 aliphatic rings. The van der Waals surface area contributed by atoms with Gasteiger partial charge in [0.1, 0.15) is 0 Å². The Morgan fingerprint density at radius 2 is 1.84 bits per heavy atom. The van der Waals surface area contributed by atoms with E-state index in [0.717, 1.165) is 11.2 Å². The summed E-state index contributed by atoms with van der Waals surface area (Å²) in [5.74, 6) is -0.116. The molecule has 94 valence electrons. The molecule has 3 aromatic rings. The van der Waals surface area contributed by atoms with E-state index in [2.05, 4.69) is 5.10 Å². The van der Waals surface area contributed by atoms with Crippen LogP contribution in [0.15, 0.2) is 60.8 Å². The van der Waals surface area contributed by atoms with Gasteiger partial charge in [0.05, 0.1) is 5.52 Å². The lowest BCUT2D eigenvalue weighted by Gasteiger charge is -2.15. The molecule has 0 unspecified atom stereocenters. The third kappa shape index (κ3) is 2.08. The van der Waals surface area contributed by atoms with Gasteiger partial charge in [-0.2, -0.15) is 5.10 Å². The minimum atomic E-state index is -0.116. The first-order valence-electron chi connectivity index (χ1n) is 6.03. The summed E-state index contributed by atoms with van der Waals surface area (Å²) in [6, 6.07) is 17.1. The van der Waals surface area contributed by atoms with Crippen LogP contribution < -0.4 is 4.90 Å². The van der Waals surface area contributed by atoms with E-state index in [9.17, 15) is 4.79 Å². The normalized spacial score (nSPS) is 10.6. The molecule has 0 saturated carbocycles. The van der Waals surface area contributed by atoms with E-state index in [4.69, 9.17) is 0 Å². The van der Waals surface area contributed by atoms with Gasteiger partial charge >= 0.3 is 0 Å². The summed E-state index contributed by atoms with van der Waals surface area (Å²) in [7, 11) is 1.75. The fourth-order valence-electron chi connectivity index (χ4n) is 1.98. The molecule has 4 nitrogen and oxygen atoms in total. The molecule has 0 atom stereocenters. The molecule has 4 heteroatoms. The Morgan fingerprint density at radius 1 is 1.11 bits per heavy atom. The summed E-state index contributed by atoms with van der Waals surface area (Å²) in [4.78, 5) is 14.0. The number of benzene rings is 1. The van der Waals surface area contributed by atoms with Crippen molar-refractivity contribution in [1.82, 2.24) is 9.61 Å². The lowest BCUT2D eigenvalue weighted by molar-refractivity contribution is 0.0988. The molecule has 2 aromatic heterocycles. The predicted molar refractivity (Wildman–Crippen MR) is 74.4 cm³/mol. The fraction of sp³-hybridized carbons (Fsp3) is 0.0667.